The second-order valence-corrected chi connectivity index (χ2v) is 10.5. The Kier molecular flexibility index (Phi) is 8.69. The Hall–Kier alpha value is -4.17. The molecular formula is C32H32ClFN4O3. The molecule has 1 aliphatic rings. The lowest BCUT2D eigenvalue weighted by atomic mass is 9.94. The van der Waals surface area contributed by atoms with E-state index in [-0.39, 0.29) is 22.7 Å². The molecule has 0 bridgehead atoms. The van der Waals surface area contributed by atoms with Crippen LogP contribution in [-0.4, -0.2) is 34.7 Å². The highest BCUT2D eigenvalue weighted by Gasteiger charge is 2.37. The van der Waals surface area contributed by atoms with Crippen LogP contribution in [0.3, 0.4) is 0 Å². The molecule has 0 saturated heterocycles. The lowest BCUT2D eigenvalue weighted by Gasteiger charge is -2.33. The van der Waals surface area contributed by atoms with Gasteiger partial charge >= 0.3 is 0 Å². The molecule has 0 radical (unpaired) electrons. The van der Waals surface area contributed by atoms with E-state index in [4.69, 9.17) is 16.3 Å². The van der Waals surface area contributed by atoms with E-state index in [1.165, 1.54) is 33.8 Å². The van der Waals surface area contributed by atoms with Crippen molar-refractivity contribution in [3.8, 4) is 11.4 Å². The molecule has 3 aromatic carbocycles. The van der Waals surface area contributed by atoms with Gasteiger partial charge in [-0.3, -0.25) is 14.5 Å². The average molecular weight is 575 g/mol. The number of aromatic nitrogens is 2. The van der Waals surface area contributed by atoms with Gasteiger partial charge in [0, 0.05) is 11.7 Å². The topological polar surface area (TPSA) is 76.5 Å². The Morgan fingerprint density at radius 2 is 1.66 bits per heavy atom. The number of carbonyl (C=O) groups excluding carboxylic acids is 2. The molecule has 0 unspecified atom stereocenters. The SMILES string of the molecule is COc1ccc([C@@H](C(=O)NC2CCCCC2)N(C(=O)c2c(C)nn(-c3ccccc3)c2Cl)c2ccc(F)cc2)cc1. The minimum Gasteiger partial charge on any atom is -0.497 e. The number of rotatable bonds is 8. The molecule has 2 amide bonds. The molecule has 1 aliphatic carbocycles. The van der Waals surface area contributed by atoms with E-state index in [0.717, 1.165) is 32.1 Å². The number of hydrogen-bond acceptors (Lipinski definition) is 4. The summed E-state index contributed by atoms with van der Waals surface area (Å²) in [4.78, 5) is 30.0. The van der Waals surface area contributed by atoms with Gasteiger partial charge in [0.1, 0.15) is 28.3 Å². The van der Waals surface area contributed by atoms with Gasteiger partial charge in [0.05, 0.1) is 18.5 Å². The van der Waals surface area contributed by atoms with Crippen LogP contribution in [0, 0.1) is 12.7 Å². The summed E-state index contributed by atoms with van der Waals surface area (Å²) < 4.78 is 20.9. The lowest BCUT2D eigenvalue weighted by molar-refractivity contribution is -0.123. The molecule has 1 saturated carbocycles. The molecular weight excluding hydrogens is 543 g/mol. The fourth-order valence-corrected chi connectivity index (χ4v) is 5.67. The molecule has 5 rings (SSSR count). The second-order valence-electron chi connectivity index (χ2n) is 10.2. The van der Waals surface area contributed by atoms with Crippen LogP contribution in [0.5, 0.6) is 5.75 Å². The number of ether oxygens (including phenoxy) is 1. The maximum absolute atomic E-state index is 14.5. The Labute approximate surface area is 243 Å². The van der Waals surface area contributed by atoms with E-state index in [0.29, 0.717) is 28.4 Å². The van der Waals surface area contributed by atoms with Crippen molar-refractivity contribution in [3.63, 3.8) is 0 Å². The predicted octanol–water partition coefficient (Wildman–Crippen LogP) is 6.82. The standard InChI is InChI=1S/C32H32ClFN4O3/c1-21-28(30(33)38(36-21)26-11-7-4-8-12-26)32(40)37(25-17-15-23(34)16-18-25)29(22-13-19-27(41-2)20-14-22)31(39)35-24-9-5-3-6-10-24/h4,7-8,11-20,24,29H,3,5-6,9-10H2,1-2H3,(H,35,39)/t29-/m0/s1. The van der Waals surface area contributed by atoms with Crippen LogP contribution in [-0.2, 0) is 4.79 Å². The van der Waals surface area contributed by atoms with Gasteiger partial charge in [0.15, 0.2) is 0 Å². The van der Waals surface area contributed by atoms with Gasteiger partial charge in [-0.1, -0.05) is 61.2 Å². The van der Waals surface area contributed by atoms with Gasteiger partial charge in [-0.2, -0.15) is 5.10 Å². The van der Waals surface area contributed by atoms with Crippen LogP contribution in [0.4, 0.5) is 10.1 Å². The number of nitrogens with one attached hydrogen (secondary N) is 1. The van der Waals surface area contributed by atoms with E-state index in [2.05, 4.69) is 10.4 Å². The Balaban J connectivity index is 1.63. The van der Waals surface area contributed by atoms with E-state index in [1.54, 1.807) is 38.3 Å². The van der Waals surface area contributed by atoms with Gasteiger partial charge in [-0.25, -0.2) is 9.07 Å². The van der Waals surface area contributed by atoms with E-state index in [9.17, 15) is 14.0 Å². The summed E-state index contributed by atoms with van der Waals surface area (Å²) in [6.45, 7) is 1.70. The summed E-state index contributed by atoms with van der Waals surface area (Å²) >= 11 is 6.82. The minimum absolute atomic E-state index is 0.00771. The van der Waals surface area contributed by atoms with Crippen molar-refractivity contribution in [1.29, 1.82) is 0 Å². The summed E-state index contributed by atoms with van der Waals surface area (Å²) in [5, 5.41) is 7.84. The van der Waals surface area contributed by atoms with Crippen molar-refractivity contribution >= 4 is 29.1 Å². The number of benzene rings is 3. The average Bonchev–Trinajstić information content (AvgIpc) is 3.30. The maximum Gasteiger partial charge on any atom is 0.264 e. The molecule has 9 heteroatoms. The minimum atomic E-state index is -1.07. The van der Waals surface area contributed by atoms with Gasteiger partial charge in [0.25, 0.3) is 5.91 Å². The second kappa shape index (κ2) is 12.6. The zero-order valence-corrected chi connectivity index (χ0v) is 23.8. The summed E-state index contributed by atoms with van der Waals surface area (Å²) in [6, 6.07) is 20.7. The number of hydrogen-bond donors (Lipinski definition) is 1. The normalized spacial score (nSPS) is 14.3. The van der Waals surface area contributed by atoms with Gasteiger partial charge in [0.2, 0.25) is 5.91 Å². The number of anilines is 1. The maximum atomic E-state index is 14.5. The molecule has 0 spiro atoms. The molecule has 7 nitrogen and oxygen atoms in total. The zero-order chi connectivity index (χ0) is 28.9. The highest BCUT2D eigenvalue weighted by Crippen LogP contribution is 2.34. The van der Waals surface area contributed by atoms with E-state index >= 15 is 0 Å². The first-order chi connectivity index (χ1) is 19.9. The van der Waals surface area contributed by atoms with Crippen molar-refractivity contribution in [2.24, 2.45) is 0 Å². The van der Waals surface area contributed by atoms with Crippen LogP contribution in [0.1, 0.15) is 59.8 Å². The number of nitrogens with zero attached hydrogens (tertiary/aromatic N) is 3. The van der Waals surface area contributed by atoms with Gasteiger partial charge in [-0.05, 0) is 73.9 Å². The first kappa shape index (κ1) is 28.4. The van der Waals surface area contributed by atoms with Crippen LogP contribution in [0.2, 0.25) is 5.15 Å². The molecule has 1 heterocycles. The quantitative estimate of drug-likeness (QED) is 0.250. The Morgan fingerprint density at radius 1 is 1.00 bits per heavy atom. The number of halogens is 2. The van der Waals surface area contributed by atoms with Crippen molar-refractivity contribution in [1.82, 2.24) is 15.1 Å². The number of amides is 2. The summed E-state index contributed by atoms with van der Waals surface area (Å²) in [6.07, 6.45) is 4.96. The fraction of sp³-hybridized carbons (Fsp3) is 0.281. The van der Waals surface area contributed by atoms with E-state index < -0.39 is 17.8 Å². The fourth-order valence-electron chi connectivity index (χ4n) is 5.32. The van der Waals surface area contributed by atoms with Crippen LogP contribution < -0.4 is 15.0 Å². The third-order valence-corrected chi connectivity index (χ3v) is 7.78. The monoisotopic (exact) mass is 574 g/mol. The molecule has 4 aromatic rings. The lowest BCUT2D eigenvalue weighted by Crippen LogP contribution is -2.47. The molecule has 1 atom stereocenters. The Bertz CT molecular complexity index is 1500. The smallest absolute Gasteiger partial charge is 0.264 e. The predicted molar refractivity (Wildman–Crippen MR) is 157 cm³/mol. The Morgan fingerprint density at radius 3 is 2.29 bits per heavy atom. The van der Waals surface area contributed by atoms with Crippen LogP contribution in [0.15, 0.2) is 78.9 Å². The molecule has 212 valence electrons. The number of aryl methyl sites for hydroxylation is 1. The van der Waals surface area contributed by atoms with Crippen molar-refractivity contribution < 1.29 is 18.7 Å². The van der Waals surface area contributed by atoms with Crippen molar-refractivity contribution in [2.75, 3.05) is 12.0 Å². The van der Waals surface area contributed by atoms with E-state index in [1.807, 2.05) is 30.3 Å². The number of carbonyl (C=O) groups is 2. The van der Waals surface area contributed by atoms with Gasteiger partial charge in [-0.15, -0.1) is 0 Å². The summed E-state index contributed by atoms with van der Waals surface area (Å²) in [5.74, 6) is -0.701. The molecule has 1 fully saturated rings. The molecule has 1 aromatic heterocycles. The number of para-hydroxylation sites is 1. The number of methoxy groups -OCH3 is 1. The highest BCUT2D eigenvalue weighted by atomic mass is 35.5. The molecule has 1 N–H and O–H groups in total. The largest absolute Gasteiger partial charge is 0.497 e. The van der Waals surface area contributed by atoms with Crippen molar-refractivity contribution in [2.45, 2.75) is 51.1 Å². The van der Waals surface area contributed by atoms with Crippen molar-refractivity contribution in [3.05, 3.63) is 107 Å². The highest BCUT2D eigenvalue weighted by molar-refractivity contribution is 6.34. The van der Waals surface area contributed by atoms with Crippen LogP contribution in [0.25, 0.3) is 5.69 Å². The first-order valence-electron chi connectivity index (χ1n) is 13.7. The third-order valence-electron chi connectivity index (χ3n) is 7.43. The summed E-state index contributed by atoms with van der Waals surface area (Å²) in [5.41, 5.74) is 2.16. The molecule has 0 aliphatic heterocycles. The van der Waals surface area contributed by atoms with Crippen LogP contribution >= 0.6 is 11.6 Å². The van der Waals surface area contributed by atoms with Gasteiger partial charge < -0.3 is 10.1 Å². The molecule has 41 heavy (non-hydrogen) atoms. The first-order valence-corrected chi connectivity index (χ1v) is 14.1. The summed E-state index contributed by atoms with van der Waals surface area (Å²) in [7, 11) is 1.56. The zero-order valence-electron chi connectivity index (χ0n) is 23.0. The third kappa shape index (κ3) is 6.12.